The molecule has 2 fully saturated rings. The molecule has 0 aliphatic carbocycles. The Kier molecular flexibility index (Phi) is 6.96. The van der Waals surface area contributed by atoms with E-state index < -0.39 is 27.7 Å². The molecular weight excluding hydrogens is 419 g/mol. The van der Waals surface area contributed by atoms with Gasteiger partial charge >= 0.3 is 6.18 Å². The van der Waals surface area contributed by atoms with Gasteiger partial charge in [-0.2, -0.15) is 13.2 Å². The maximum atomic E-state index is 13.2. The second-order valence-electron chi connectivity index (χ2n) is 7.84. The van der Waals surface area contributed by atoms with E-state index >= 15 is 0 Å². The minimum absolute atomic E-state index is 0.00723. The van der Waals surface area contributed by atoms with E-state index in [0.29, 0.717) is 18.5 Å². The van der Waals surface area contributed by atoms with Gasteiger partial charge in [-0.25, -0.2) is 12.7 Å². The number of hydrogen-bond donors (Lipinski definition) is 1. The average molecular weight is 448 g/mol. The summed E-state index contributed by atoms with van der Waals surface area (Å²) in [5, 5.41) is 2.71. The van der Waals surface area contributed by atoms with Crippen molar-refractivity contribution in [1.29, 1.82) is 0 Å². The van der Waals surface area contributed by atoms with Crippen molar-refractivity contribution in [2.45, 2.75) is 45.2 Å². The van der Waals surface area contributed by atoms with E-state index in [4.69, 9.17) is 0 Å². The maximum absolute atomic E-state index is 13.2. The van der Waals surface area contributed by atoms with Crippen molar-refractivity contribution >= 4 is 27.3 Å². The van der Waals surface area contributed by atoms with Gasteiger partial charge in [0.2, 0.25) is 15.9 Å². The summed E-state index contributed by atoms with van der Waals surface area (Å²) < 4.78 is 65.0. The van der Waals surface area contributed by atoms with Crippen LogP contribution in [0.3, 0.4) is 0 Å². The van der Waals surface area contributed by atoms with Gasteiger partial charge in [0, 0.05) is 32.1 Å². The Morgan fingerprint density at radius 1 is 1.10 bits per heavy atom. The number of nitrogens with zero attached hydrogens (tertiary/aromatic N) is 2. The lowest BCUT2D eigenvalue weighted by atomic mass is 9.97. The standard InChI is InChI=1S/C20H28F3N3O3S/c1-2-30(28,29)26-12-8-15(9-13-26)19(27)24-17-14-16(20(21,22)23)6-7-18(17)25-10-4-3-5-11-25/h6-7,14-15H,2-5,8-13H2,1H3,(H,24,27). The second kappa shape index (κ2) is 9.13. The van der Waals surface area contributed by atoms with Gasteiger partial charge in [-0.05, 0) is 57.2 Å². The number of hydrogen-bond acceptors (Lipinski definition) is 4. The Hall–Kier alpha value is -1.81. The number of benzene rings is 1. The molecule has 2 heterocycles. The Bertz CT molecular complexity index is 860. The minimum Gasteiger partial charge on any atom is -0.370 e. The summed E-state index contributed by atoms with van der Waals surface area (Å²) in [6.07, 6.45) is -0.804. The molecular formula is C20H28F3N3O3S. The molecule has 0 bridgehead atoms. The van der Waals surface area contributed by atoms with Crippen molar-refractivity contribution in [3.63, 3.8) is 0 Å². The molecule has 2 saturated heterocycles. The van der Waals surface area contributed by atoms with Crippen molar-refractivity contribution in [2.75, 3.05) is 42.1 Å². The third-order valence-electron chi connectivity index (χ3n) is 5.86. The molecule has 1 amide bonds. The highest BCUT2D eigenvalue weighted by Gasteiger charge is 2.33. The van der Waals surface area contributed by atoms with Gasteiger partial charge in [-0.3, -0.25) is 4.79 Å². The number of amides is 1. The third kappa shape index (κ3) is 5.26. The molecule has 1 aromatic carbocycles. The summed E-state index contributed by atoms with van der Waals surface area (Å²) >= 11 is 0. The lowest BCUT2D eigenvalue weighted by molar-refractivity contribution is -0.137. The molecule has 10 heteroatoms. The van der Waals surface area contributed by atoms with Gasteiger partial charge in [0.15, 0.2) is 0 Å². The highest BCUT2D eigenvalue weighted by atomic mass is 32.2. The molecule has 0 saturated carbocycles. The Balaban J connectivity index is 1.76. The fraction of sp³-hybridized carbons (Fsp3) is 0.650. The average Bonchev–Trinajstić information content (AvgIpc) is 2.73. The van der Waals surface area contributed by atoms with Gasteiger partial charge < -0.3 is 10.2 Å². The van der Waals surface area contributed by atoms with Crippen LogP contribution in [0.5, 0.6) is 0 Å². The van der Waals surface area contributed by atoms with Crippen LogP contribution < -0.4 is 10.2 Å². The van der Waals surface area contributed by atoms with Crippen molar-refractivity contribution in [1.82, 2.24) is 4.31 Å². The summed E-state index contributed by atoms with van der Waals surface area (Å²) in [6, 6.07) is 3.48. The molecule has 0 unspecified atom stereocenters. The first kappa shape index (κ1) is 22.9. The lowest BCUT2D eigenvalue weighted by Crippen LogP contribution is -2.42. The number of anilines is 2. The quantitative estimate of drug-likeness (QED) is 0.747. The van der Waals surface area contributed by atoms with Crippen LogP contribution in [0.2, 0.25) is 0 Å². The van der Waals surface area contributed by atoms with Crippen LogP contribution >= 0.6 is 0 Å². The van der Waals surface area contributed by atoms with E-state index in [1.807, 2.05) is 4.90 Å². The number of rotatable bonds is 5. The lowest BCUT2D eigenvalue weighted by Gasteiger charge is -2.32. The summed E-state index contributed by atoms with van der Waals surface area (Å²) in [4.78, 5) is 14.8. The van der Waals surface area contributed by atoms with Gasteiger partial charge in [0.25, 0.3) is 0 Å². The summed E-state index contributed by atoms with van der Waals surface area (Å²) in [5.74, 6) is -0.786. The van der Waals surface area contributed by atoms with E-state index in [1.165, 1.54) is 10.4 Å². The normalized spacial score (nSPS) is 19.7. The van der Waals surface area contributed by atoms with Crippen LogP contribution in [-0.2, 0) is 21.0 Å². The Morgan fingerprint density at radius 2 is 1.73 bits per heavy atom. The first-order valence-corrected chi connectivity index (χ1v) is 12.0. The largest absolute Gasteiger partial charge is 0.416 e. The highest BCUT2D eigenvalue weighted by molar-refractivity contribution is 7.89. The molecule has 2 aliphatic rings. The fourth-order valence-corrected chi connectivity index (χ4v) is 5.17. The van der Waals surface area contributed by atoms with Crippen molar-refractivity contribution in [2.24, 2.45) is 5.92 Å². The molecule has 1 N–H and O–H groups in total. The molecule has 168 valence electrons. The number of carbonyl (C=O) groups excluding carboxylic acids is 1. The molecule has 0 atom stereocenters. The zero-order chi connectivity index (χ0) is 21.9. The van der Waals surface area contributed by atoms with Crippen molar-refractivity contribution in [3.8, 4) is 0 Å². The van der Waals surface area contributed by atoms with E-state index in [0.717, 1.165) is 44.5 Å². The molecule has 0 radical (unpaired) electrons. The molecule has 0 spiro atoms. The Labute approximate surface area is 175 Å². The van der Waals surface area contributed by atoms with Crippen LogP contribution in [0, 0.1) is 5.92 Å². The molecule has 1 aromatic rings. The molecule has 2 aliphatic heterocycles. The van der Waals surface area contributed by atoms with Crippen LogP contribution in [0.1, 0.15) is 44.6 Å². The molecule has 30 heavy (non-hydrogen) atoms. The van der Waals surface area contributed by atoms with E-state index in [1.54, 1.807) is 6.92 Å². The smallest absolute Gasteiger partial charge is 0.370 e. The van der Waals surface area contributed by atoms with E-state index in [2.05, 4.69) is 5.32 Å². The Morgan fingerprint density at radius 3 is 2.30 bits per heavy atom. The van der Waals surface area contributed by atoms with Crippen LogP contribution in [0.25, 0.3) is 0 Å². The summed E-state index contributed by atoms with van der Waals surface area (Å²) in [5.41, 5.74) is -0.0372. The number of alkyl halides is 3. The maximum Gasteiger partial charge on any atom is 0.416 e. The van der Waals surface area contributed by atoms with E-state index in [-0.39, 0.29) is 30.4 Å². The van der Waals surface area contributed by atoms with Gasteiger partial charge in [-0.1, -0.05) is 0 Å². The van der Waals surface area contributed by atoms with Crippen LogP contribution in [0.15, 0.2) is 18.2 Å². The topological polar surface area (TPSA) is 69.7 Å². The predicted octanol–water partition coefficient (Wildman–Crippen LogP) is 3.70. The highest BCUT2D eigenvalue weighted by Crippen LogP contribution is 2.37. The first-order valence-electron chi connectivity index (χ1n) is 10.4. The number of halogens is 3. The zero-order valence-corrected chi connectivity index (χ0v) is 17.9. The molecule has 0 aromatic heterocycles. The summed E-state index contributed by atoms with van der Waals surface area (Å²) in [7, 11) is -3.30. The third-order valence-corrected chi connectivity index (χ3v) is 7.74. The number of carbonyl (C=O) groups is 1. The van der Waals surface area contributed by atoms with Crippen molar-refractivity contribution in [3.05, 3.63) is 23.8 Å². The SMILES string of the molecule is CCS(=O)(=O)N1CCC(C(=O)Nc2cc(C(F)(F)F)ccc2N2CCCCC2)CC1. The minimum atomic E-state index is -4.50. The predicted molar refractivity (Wildman–Crippen MR) is 110 cm³/mol. The van der Waals surface area contributed by atoms with Crippen LogP contribution in [-0.4, -0.2) is 50.6 Å². The van der Waals surface area contributed by atoms with E-state index in [9.17, 15) is 26.4 Å². The first-order chi connectivity index (χ1) is 14.1. The summed E-state index contributed by atoms with van der Waals surface area (Å²) in [6.45, 7) is 3.54. The monoisotopic (exact) mass is 447 g/mol. The number of nitrogens with one attached hydrogen (secondary N) is 1. The fourth-order valence-electron chi connectivity index (χ4n) is 4.04. The van der Waals surface area contributed by atoms with Gasteiger partial charge in [-0.15, -0.1) is 0 Å². The second-order valence-corrected chi connectivity index (χ2v) is 10.1. The van der Waals surface area contributed by atoms with Gasteiger partial charge in [0.1, 0.15) is 0 Å². The van der Waals surface area contributed by atoms with Crippen molar-refractivity contribution < 1.29 is 26.4 Å². The number of piperidine rings is 2. The number of sulfonamides is 1. The van der Waals surface area contributed by atoms with Crippen LogP contribution in [0.4, 0.5) is 24.5 Å². The van der Waals surface area contributed by atoms with Gasteiger partial charge in [0.05, 0.1) is 22.7 Å². The molecule has 3 rings (SSSR count). The molecule has 6 nitrogen and oxygen atoms in total. The zero-order valence-electron chi connectivity index (χ0n) is 17.0.